The first-order valence-corrected chi connectivity index (χ1v) is 15.7. The molecule has 0 aromatic heterocycles. The van der Waals surface area contributed by atoms with E-state index in [2.05, 4.69) is 56.6 Å². The summed E-state index contributed by atoms with van der Waals surface area (Å²) in [7, 11) is 0. The summed E-state index contributed by atoms with van der Waals surface area (Å²) in [6, 6.07) is 4.43. The van der Waals surface area contributed by atoms with Gasteiger partial charge in [-0.3, -0.25) is 9.69 Å². The van der Waals surface area contributed by atoms with Crippen LogP contribution in [0.4, 0.5) is 0 Å². The van der Waals surface area contributed by atoms with Gasteiger partial charge in [0.15, 0.2) is 0 Å². The van der Waals surface area contributed by atoms with Crippen molar-refractivity contribution in [1.82, 2.24) is 9.80 Å². The van der Waals surface area contributed by atoms with E-state index in [0.717, 1.165) is 76.5 Å². The van der Waals surface area contributed by atoms with E-state index in [0.29, 0.717) is 29.9 Å². The van der Waals surface area contributed by atoms with E-state index >= 15 is 0 Å². The van der Waals surface area contributed by atoms with Gasteiger partial charge in [0.2, 0.25) is 0 Å². The van der Waals surface area contributed by atoms with Gasteiger partial charge in [0.05, 0.1) is 24.5 Å². The van der Waals surface area contributed by atoms with Crippen molar-refractivity contribution in [3.63, 3.8) is 0 Å². The Hall–Kier alpha value is -2.05. The minimum atomic E-state index is -0.393. The number of allylic oxidation sites excluding steroid dienone is 1. The standard InChI is InChI=1S/C33H50N2O4/c1-6-7-8-10-23(2)24(3)26-21-27(38-29(36)11-9-14-34-17-19-37-20-18-34)31-28(22-26)39-33(4,5)32-30(31)25-12-15-35(32)16-13-25/h21-25H,6-20H2,1-5H3. The molecular formula is C33H50N2O4. The Kier molecular flexibility index (Phi) is 8.92. The lowest BCUT2D eigenvalue weighted by Crippen LogP contribution is -2.51. The molecular weight excluding hydrogens is 488 g/mol. The highest BCUT2D eigenvalue weighted by atomic mass is 16.5. The Morgan fingerprint density at radius 2 is 1.82 bits per heavy atom. The highest BCUT2D eigenvalue weighted by Gasteiger charge is 2.47. The molecule has 5 heterocycles. The van der Waals surface area contributed by atoms with Crippen molar-refractivity contribution < 1.29 is 19.0 Å². The molecule has 0 radical (unpaired) electrons. The maximum Gasteiger partial charge on any atom is 0.311 e. The van der Waals surface area contributed by atoms with Crippen LogP contribution in [0.5, 0.6) is 11.5 Å². The van der Waals surface area contributed by atoms with E-state index in [1.165, 1.54) is 42.5 Å². The van der Waals surface area contributed by atoms with Crippen LogP contribution in [-0.2, 0) is 9.53 Å². The van der Waals surface area contributed by atoms with E-state index in [-0.39, 0.29) is 5.97 Å². The molecule has 2 fully saturated rings. The van der Waals surface area contributed by atoms with Gasteiger partial charge in [0.1, 0.15) is 17.1 Å². The van der Waals surface area contributed by atoms with Gasteiger partial charge >= 0.3 is 5.97 Å². The number of hydrogen-bond acceptors (Lipinski definition) is 6. The molecule has 6 rings (SSSR count). The number of esters is 1. The minimum absolute atomic E-state index is 0.139. The molecule has 0 saturated carbocycles. The van der Waals surface area contributed by atoms with E-state index in [9.17, 15) is 4.79 Å². The van der Waals surface area contributed by atoms with Gasteiger partial charge in [0.25, 0.3) is 0 Å². The van der Waals surface area contributed by atoms with Crippen LogP contribution in [0.1, 0.15) is 103 Å². The van der Waals surface area contributed by atoms with Crippen molar-refractivity contribution in [1.29, 1.82) is 0 Å². The quantitative estimate of drug-likeness (QED) is 0.179. The molecule has 0 aliphatic carbocycles. The summed E-state index contributed by atoms with van der Waals surface area (Å²) in [6.45, 7) is 17.9. The van der Waals surface area contributed by atoms with E-state index in [4.69, 9.17) is 14.2 Å². The van der Waals surface area contributed by atoms with Crippen molar-refractivity contribution in [3.05, 3.63) is 29.0 Å². The van der Waals surface area contributed by atoms with Crippen molar-refractivity contribution in [3.8, 4) is 11.5 Å². The summed E-state index contributed by atoms with van der Waals surface area (Å²) in [5.74, 6) is 2.88. The van der Waals surface area contributed by atoms with Gasteiger partial charge in [-0.05, 0) is 80.7 Å². The maximum atomic E-state index is 13.2. The number of ether oxygens (including phenoxy) is 3. The molecule has 5 aliphatic heterocycles. The molecule has 1 aromatic rings. The number of carbonyl (C=O) groups excluding carboxylic acids is 1. The molecule has 2 saturated heterocycles. The second kappa shape index (κ2) is 12.2. The van der Waals surface area contributed by atoms with Crippen LogP contribution in [0.15, 0.2) is 17.8 Å². The van der Waals surface area contributed by atoms with Crippen LogP contribution < -0.4 is 9.47 Å². The molecule has 1 aromatic carbocycles. The second-order valence-corrected chi connectivity index (χ2v) is 12.8. The smallest absolute Gasteiger partial charge is 0.311 e. The van der Waals surface area contributed by atoms with E-state index < -0.39 is 5.60 Å². The van der Waals surface area contributed by atoms with Crippen LogP contribution >= 0.6 is 0 Å². The Morgan fingerprint density at radius 1 is 1.08 bits per heavy atom. The fourth-order valence-corrected chi connectivity index (χ4v) is 7.15. The average molecular weight is 539 g/mol. The molecule has 0 amide bonds. The number of morpholine rings is 1. The first-order valence-electron chi connectivity index (χ1n) is 15.7. The van der Waals surface area contributed by atoms with Gasteiger partial charge < -0.3 is 19.1 Å². The number of unbranched alkanes of at least 4 members (excludes halogenated alkanes) is 2. The van der Waals surface area contributed by atoms with Gasteiger partial charge in [-0.2, -0.15) is 0 Å². The summed E-state index contributed by atoms with van der Waals surface area (Å²) in [6.07, 6.45) is 8.54. The third-order valence-corrected chi connectivity index (χ3v) is 9.59. The lowest BCUT2D eigenvalue weighted by atomic mass is 9.73. The van der Waals surface area contributed by atoms with Gasteiger partial charge in [-0.15, -0.1) is 0 Å². The van der Waals surface area contributed by atoms with Crippen LogP contribution in [0.2, 0.25) is 0 Å². The first-order chi connectivity index (χ1) is 18.8. The zero-order valence-electron chi connectivity index (χ0n) is 25.0. The number of nitrogens with zero attached hydrogens (tertiary/aromatic N) is 2. The molecule has 6 heteroatoms. The molecule has 2 unspecified atom stereocenters. The maximum absolute atomic E-state index is 13.2. The van der Waals surface area contributed by atoms with Gasteiger partial charge in [-0.25, -0.2) is 0 Å². The summed E-state index contributed by atoms with van der Waals surface area (Å²) in [5.41, 5.74) is 4.53. The average Bonchev–Trinajstić information content (AvgIpc) is 2.93. The molecule has 0 spiro atoms. The molecule has 216 valence electrons. The lowest BCUT2D eigenvalue weighted by Gasteiger charge is -2.51. The van der Waals surface area contributed by atoms with Crippen LogP contribution in [0, 0.1) is 11.8 Å². The first kappa shape index (κ1) is 28.5. The van der Waals surface area contributed by atoms with Crippen molar-refractivity contribution in [2.45, 2.75) is 97.5 Å². The van der Waals surface area contributed by atoms with Gasteiger partial charge in [0, 0.05) is 32.6 Å². The Morgan fingerprint density at radius 3 is 2.54 bits per heavy atom. The summed E-state index contributed by atoms with van der Waals surface area (Å²) < 4.78 is 18.5. The predicted molar refractivity (Wildman–Crippen MR) is 156 cm³/mol. The summed E-state index contributed by atoms with van der Waals surface area (Å²) in [5, 5.41) is 0. The fraction of sp³-hybridized carbons (Fsp3) is 0.727. The van der Waals surface area contributed by atoms with Crippen LogP contribution in [-0.4, -0.2) is 67.3 Å². The molecule has 0 N–H and O–H groups in total. The number of carbonyl (C=O) groups is 1. The zero-order valence-corrected chi connectivity index (χ0v) is 25.0. The Bertz CT molecular complexity index is 1050. The third kappa shape index (κ3) is 6.17. The van der Waals surface area contributed by atoms with E-state index in [1.807, 2.05) is 0 Å². The fourth-order valence-electron chi connectivity index (χ4n) is 7.15. The van der Waals surface area contributed by atoms with Crippen molar-refractivity contribution in [2.75, 3.05) is 45.9 Å². The minimum Gasteiger partial charge on any atom is -0.481 e. The number of benzene rings is 1. The topological polar surface area (TPSA) is 51.2 Å². The molecule has 6 nitrogen and oxygen atoms in total. The molecule has 5 aliphatic rings. The van der Waals surface area contributed by atoms with Gasteiger partial charge in [-0.1, -0.05) is 46.5 Å². The Balaban J connectivity index is 1.43. The van der Waals surface area contributed by atoms with Crippen molar-refractivity contribution in [2.24, 2.45) is 11.8 Å². The third-order valence-electron chi connectivity index (χ3n) is 9.59. The number of rotatable bonds is 11. The molecule has 2 atom stereocenters. The highest BCUT2D eigenvalue weighted by Crippen LogP contribution is 2.55. The monoisotopic (exact) mass is 538 g/mol. The number of piperidine rings is 1. The zero-order chi connectivity index (χ0) is 27.6. The second-order valence-electron chi connectivity index (χ2n) is 12.8. The normalized spacial score (nSPS) is 22.2. The SMILES string of the molecule is CCCCCC(C)C(C)c1cc(OC(=O)CCCN2CCOCC2)c2c(c1)OC(C)(C)C1=C2C2CCN1CC2. The van der Waals surface area contributed by atoms with E-state index in [1.54, 1.807) is 0 Å². The van der Waals surface area contributed by atoms with Crippen LogP contribution in [0.3, 0.4) is 0 Å². The lowest BCUT2D eigenvalue weighted by molar-refractivity contribution is -0.134. The number of hydrogen-bond donors (Lipinski definition) is 0. The summed E-state index contributed by atoms with van der Waals surface area (Å²) in [4.78, 5) is 18.1. The van der Waals surface area contributed by atoms with Crippen LogP contribution in [0.25, 0.3) is 5.57 Å². The molecule has 39 heavy (non-hydrogen) atoms. The Labute approximate surface area is 236 Å². The molecule has 2 bridgehead atoms. The predicted octanol–water partition coefficient (Wildman–Crippen LogP) is 6.63. The summed E-state index contributed by atoms with van der Waals surface area (Å²) >= 11 is 0. The highest BCUT2D eigenvalue weighted by molar-refractivity contribution is 5.85. The number of fused-ring (bicyclic) bond motifs is 3. The largest absolute Gasteiger partial charge is 0.481 e. The van der Waals surface area contributed by atoms with Crippen molar-refractivity contribution >= 4 is 11.5 Å².